The first kappa shape index (κ1) is 18.4. The molecular weight excluding hydrogens is 366 g/mol. The Morgan fingerprint density at radius 1 is 1.31 bits per heavy atom. The number of carbonyl (C=O) groups is 1. The zero-order chi connectivity index (χ0) is 18.4. The highest BCUT2D eigenvalue weighted by molar-refractivity contribution is 8.01. The fourth-order valence-electron chi connectivity index (χ4n) is 2.36. The van der Waals surface area contributed by atoms with Crippen molar-refractivity contribution < 1.29 is 9.53 Å². The van der Waals surface area contributed by atoms with Crippen LogP contribution in [-0.2, 0) is 4.79 Å². The van der Waals surface area contributed by atoms with Crippen LogP contribution in [0.5, 0.6) is 5.75 Å². The highest BCUT2D eigenvalue weighted by Crippen LogP contribution is 2.26. The van der Waals surface area contributed by atoms with Gasteiger partial charge in [-0.2, -0.15) is 0 Å². The molecule has 0 aliphatic heterocycles. The number of thioether (sulfide) groups is 1. The van der Waals surface area contributed by atoms with E-state index in [1.165, 1.54) is 23.1 Å². The highest BCUT2D eigenvalue weighted by atomic mass is 32.2. The smallest absolute Gasteiger partial charge is 0.267 e. The third-order valence-electron chi connectivity index (χ3n) is 3.62. The molecule has 3 rings (SSSR count). The van der Waals surface area contributed by atoms with Crippen molar-refractivity contribution in [3.63, 3.8) is 0 Å². The van der Waals surface area contributed by atoms with E-state index >= 15 is 0 Å². The van der Waals surface area contributed by atoms with Gasteiger partial charge in [0.2, 0.25) is 5.13 Å². The molecule has 5 nitrogen and oxygen atoms in total. The van der Waals surface area contributed by atoms with Crippen LogP contribution in [0.4, 0.5) is 5.13 Å². The first-order valence-corrected chi connectivity index (χ1v) is 10.0. The molecule has 1 heterocycles. The first-order chi connectivity index (χ1) is 12.7. The number of ether oxygens (including phenoxy) is 1. The number of fused-ring (bicyclic) bond motifs is 1. The van der Waals surface area contributed by atoms with Crippen LogP contribution in [0, 0.1) is 0 Å². The Balaban J connectivity index is 1.66. The standard InChI is InChI=1S/C19H19N3O2S2/c1-3-11-25-19-22-21-18(26-19)20-17(23)16(4-2)24-15-10-9-13-7-5-6-8-14(13)12-15/h3,5-10,12,16H,1,4,11H2,2H3,(H,20,21,23)/t16-/m1/s1. The summed E-state index contributed by atoms with van der Waals surface area (Å²) >= 11 is 2.87. The minimum atomic E-state index is -0.593. The van der Waals surface area contributed by atoms with E-state index in [1.54, 1.807) is 6.08 Å². The molecule has 0 unspecified atom stereocenters. The van der Waals surface area contributed by atoms with Crippen molar-refractivity contribution in [2.75, 3.05) is 11.1 Å². The normalized spacial score (nSPS) is 11.9. The van der Waals surface area contributed by atoms with Gasteiger partial charge in [0.25, 0.3) is 5.91 Å². The summed E-state index contributed by atoms with van der Waals surface area (Å²) in [6, 6.07) is 13.9. The van der Waals surface area contributed by atoms with Crippen LogP contribution in [0.3, 0.4) is 0 Å². The van der Waals surface area contributed by atoms with Gasteiger partial charge in [0, 0.05) is 5.75 Å². The summed E-state index contributed by atoms with van der Waals surface area (Å²) < 4.78 is 6.70. The Labute approximate surface area is 160 Å². The van der Waals surface area contributed by atoms with Crippen molar-refractivity contribution in [3.05, 3.63) is 55.1 Å². The number of rotatable bonds is 8. The molecule has 0 saturated carbocycles. The van der Waals surface area contributed by atoms with E-state index < -0.39 is 6.10 Å². The largest absolute Gasteiger partial charge is 0.481 e. The lowest BCUT2D eigenvalue weighted by atomic mass is 10.1. The predicted molar refractivity (Wildman–Crippen MR) is 108 cm³/mol. The van der Waals surface area contributed by atoms with Gasteiger partial charge in [-0.05, 0) is 29.3 Å². The molecule has 0 spiro atoms. The molecule has 0 bridgehead atoms. The van der Waals surface area contributed by atoms with Crippen molar-refractivity contribution in [2.45, 2.75) is 23.8 Å². The van der Waals surface area contributed by atoms with Crippen molar-refractivity contribution in [2.24, 2.45) is 0 Å². The molecule has 1 N–H and O–H groups in total. The van der Waals surface area contributed by atoms with E-state index in [0.717, 1.165) is 20.9 Å². The lowest BCUT2D eigenvalue weighted by Gasteiger charge is -2.16. The van der Waals surface area contributed by atoms with Crippen LogP contribution < -0.4 is 10.1 Å². The van der Waals surface area contributed by atoms with E-state index in [2.05, 4.69) is 22.1 Å². The Morgan fingerprint density at radius 3 is 2.88 bits per heavy atom. The average molecular weight is 386 g/mol. The molecule has 0 saturated heterocycles. The number of nitrogens with zero attached hydrogens (tertiary/aromatic N) is 2. The average Bonchev–Trinajstić information content (AvgIpc) is 3.11. The monoisotopic (exact) mass is 385 g/mol. The molecule has 26 heavy (non-hydrogen) atoms. The zero-order valence-electron chi connectivity index (χ0n) is 14.3. The Hall–Kier alpha value is -2.38. The summed E-state index contributed by atoms with van der Waals surface area (Å²) in [5.74, 6) is 1.20. The van der Waals surface area contributed by atoms with Gasteiger partial charge in [0.05, 0.1) is 0 Å². The van der Waals surface area contributed by atoms with E-state index in [-0.39, 0.29) is 5.91 Å². The number of anilines is 1. The molecule has 0 fully saturated rings. The molecule has 134 valence electrons. The quantitative estimate of drug-likeness (QED) is 0.344. The minimum Gasteiger partial charge on any atom is -0.481 e. The maximum Gasteiger partial charge on any atom is 0.267 e. The molecule has 2 aromatic carbocycles. The number of aromatic nitrogens is 2. The second-order valence-corrected chi connectivity index (χ2v) is 7.73. The van der Waals surface area contributed by atoms with Crippen LogP contribution in [0.2, 0.25) is 0 Å². The number of carbonyl (C=O) groups excluding carboxylic acids is 1. The van der Waals surface area contributed by atoms with E-state index in [0.29, 0.717) is 17.3 Å². The molecule has 0 aliphatic rings. The van der Waals surface area contributed by atoms with Gasteiger partial charge in [-0.25, -0.2) is 0 Å². The van der Waals surface area contributed by atoms with Gasteiger partial charge in [-0.1, -0.05) is 66.4 Å². The third kappa shape index (κ3) is 4.62. The number of amides is 1. The lowest BCUT2D eigenvalue weighted by molar-refractivity contribution is -0.122. The van der Waals surface area contributed by atoms with Gasteiger partial charge >= 0.3 is 0 Å². The van der Waals surface area contributed by atoms with Crippen LogP contribution in [0.15, 0.2) is 59.5 Å². The van der Waals surface area contributed by atoms with Crippen molar-refractivity contribution in [1.82, 2.24) is 10.2 Å². The van der Waals surface area contributed by atoms with Gasteiger partial charge in [-0.15, -0.1) is 16.8 Å². The molecule has 0 aliphatic carbocycles. The zero-order valence-corrected chi connectivity index (χ0v) is 16.0. The number of hydrogen-bond acceptors (Lipinski definition) is 6. The first-order valence-electron chi connectivity index (χ1n) is 8.23. The maximum absolute atomic E-state index is 12.5. The summed E-state index contributed by atoms with van der Waals surface area (Å²) in [6.07, 6.45) is 1.76. The molecule has 7 heteroatoms. The summed E-state index contributed by atoms with van der Waals surface area (Å²) in [6.45, 7) is 5.59. The number of hydrogen-bond donors (Lipinski definition) is 1. The fourth-order valence-corrected chi connectivity index (χ4v) is 3.88. The van der Waals surface area contributed by atoms with E-state index in [1.807, 2.05) is 49.4 Å². The van der Waals surface area contributed by atoms with Gasteiger partial charge in [-0.3, -0.25) is 10.1 Å². The molecule has 3 aromatic rings. The third-order valence-corrected chi connectivity index (χ3v) is 5.59. The number of nitrogens with one attached hydrogen (secondary N) is 1. The van der Waals surface area contributed by atoms with Crippen LogP contribution in [0.1, 0.15) is 13.3 Å². The Bertz CT molecular complexity index is 910. The molecule has 1 atom stereocenters. The van der Waals surface area contributed by atoms with E-state index in [4.69, 9.17) is 4.74 Å². The topological polar surface area (TPSA) is 64.1 Å². The minimum absolute atomic E-state index is 0.225. The highest BCUT2D eigenvalue weighted by Gasteiger charge is 2.20. The maximum atomic E-state index is 12.5. The fraction of sp³-hybridized carbons (Fsp3) is 0.211. The summed E-state index contributed by atoms with van der Waals surface area (Å²) in [7, 11) is 0. The Kier molecular flexibility index (Phi) is 6.25. The van der Waals surface area contributed by atoms with Crippen LogP contribution in [0.25, 0.3) is 10.8 Å². The van der Waals surface area contributed by atoms with Crippen molar-refractivity contribution in [1.29, 1.82) is 0 Å². The van der Waals surface area contributed by atoms with Crippen molar-refractivity contribution >= 4 is 44.9 Å². The van der Waals surface area contributed by atoms with Gasteiger partial charge < -0.3 is 4.74 Å². The van der Waals surface area contributed by atoms with E-state index in [9.17, 15) is 4.79 Å². The molecular formula is C19H19N3O2S2. The predicted octanol–water partition coefficient (Wildman–Crippen LogP) is 4.77. The van der Waals surface area contributed by atoms with Gasteiger partial charge in [0.15, 0.2) is 10.4 Å². The van der Waals surface area contributed by atoms with Crippen molar-refractivity contribution in [3.8, 4) is 5.75 Å². The van der Waals surface area contributed by atoms with Crippen LogP contribution >= 0.6 is 23.1 Å². The second kappa shape index (κ2) is 8.82. The lowest BCUT2D eigenvalue weighted by Crippen LogP contribution is -2.32. The summed E-state index contributed by atoms with van der Waals surface area (Å²) in [5.41, 5.74) is 0. The molecule has 1 aromatic heterocycles. The SMILES string of the molecule is C=CCSc1nnc(NC(=O)[C@@H](CC)Oc2ccc3ccccc3c2)s1. The molecule has 1 amide bonds. The van der Waals surface area contributed by atoms with Gasteiger partial charge in [0.1, 0.15) is 5.75 Å². The van der Waals surface area contributed by atoms with Crippen LogP contribution in [-0.4, -0.2) is 28.0 Å². The summed E-state index contributed by atoms with van der Waals surface area (Å²) in [4.78, 5) is 12.5. The number of benzene rings is 2. The second-order valence-electron chi connectivity index (χ2n) is 5.49. The summed E-state index contributed by atoms with van der Waals surface area (Å²) in [5, 5.41) is 13.5. The molecule has 0 radical (unpaired) electrons. The Morgan fingerprint density at radius 2 is 2.12 bits per heavy atom.